The van der Waals surface area contributed by atoms with Gasteiger partial charge in [-0.3, -0.25) is 4.57 Å². The number of nitrogens with zero attached hydrogens (tertiary/aromatic N) is 4. The van der Waals surface area contributed by atoms with Crippen LogP contribution in [0.3, 0.4) is 0 Å². The molecule has 0 aliphatic carbocycles. The topological polar surface area (TPSA) is 74.1 Å². The van der Waals surface area contributed by atoms with Gasteiger partial charge in [0.1, 0.15) is 11.6 Å². The fourth-order valence-electron chi connectivity index (χ4n) is 3.06. The first kappa shape index (κ1) is 19.2. The lowest BCUT2D eigenvalue weighted by Crippen LogP contribution is -2.08. The third kappa shape index (κ3) is 3.76. The zero-order valence-electron chi connectivity index (χ0n) is 15.5. The van der Waals surface area contributed by atoms with Crippen molar-refractivity contribution in [1.29, 1.82) is 0 Å². The smallest absolute Gasteiger partial charge is 0.237 e. The maximum absolute atomic E-state index is 5.47. The second-order valence-corrected chi connectivity index (χ2v) is 7.24. The number of benzene rings is 1. The molecule has 1 aliphatic heterocycles. The molecule has 0 radical (unpaired) electrons. The fourth-order valence-corrected chi connectivity index (χ4v) is 3.80. The Hall–Kier alpha value is -3.10. The maximum Gasteiger partial charge on any atom is 0.237 e. The molecule has 9 heteroatoms. The molecule has 148 valence electrons. The van der Waals surface area contributed by atoms with Crippen LogP contribution in [0.5, 0.6) is 11.5 Å². The number of aryl methyl sites for hydroxylation is 1. The van der Waals surface area contributed by atoms with Gasteiger partial charge in [-0.05, 0) is 36.1 Å². The SMILES string of the molecule is Cc1nccn1-c1ncc(-c2cccs2)c(NCc2ccc3c(c2)OCO3)n1.Cl. The molecule has 4 aromatic rings. The monoisotopic (exact) mass is 427 g/mol. The lowest BCUT2D eigenvalue weighted by Gasteiger charge is -2.12. The highest BCUT2D eigenvalue weighted by Gasteiger charge is 2.15. The average Bonchev–Trinajstić information content (AvgIpc) is 3.47. The summed E-state index contributed by atoms with van der Waals surface area (Å²) in [5.74, 6) is 3.76. The average molecular weight is 428 g/mol. The number of aromatic nitrogens is 4. The van der Waals surface area contributed by atoms with Gasteiger partial charge in [0.15, 0.2) is 11.5 Å². The van der Waals surface area contributed by atoms with Crippen LogP contribution in [-0.2, 0) is 6.54 Å². The zero-order chi connectivity index (χ0) is 18.9. The van der Waals surface area contributed by atoms with Gasteiger partial charge in [-0.1, -0.05) is 12.1 Å². The van der Waals surface area contributed by atoms with E-state index in [1.807, 2.05) is 53.5 Å². The highest BCUT2D eigenvalue weighted by Crippen LogP contribution is 2.34. The van der Waals surface area contributed by atoms with Crippen molar-refractivity contribution in [2.75, 3.05) is 12.1 Å². The summed E-state index contributed by atoms with van der Waals surface area (Å²) in [6.07, 6.45) is 5.46. The first-order valence-corrected chi connectivity index (χ1v) is 9.69. The minimum atomic E-state index is 0. The molecule has 0 unspecified atom stereocenters. The van der Waals surface area contributed by atoms with E-state index in [2.05, 4.69) is 21.4 Å². The highest BCUT2D eigenvalue weighted by molar-refractivity contribution is 7.13. The largest absolute Gasteiger partial charge is 0.454 e. The summed E-state index contributed by atoms with van der Waals surface area (Å²) >= 11 is 1.66. The van der Waals surface area contributed by atoms with Gasteiger partial charge in [-0.2, -0.15) is 4.98 Å². The molecule has 1 N–H and O–H groups in total. The number of imidazole rings is 1. The Labute approximate surface area is 177 Å². The summed E-state index contributed by atoms with van der Waals surface area (Å²) < 4.78 is 12.7. The quantitative estimate of drug-likeness (QED) is 0.506. The van der Waals surface area contributed by atoms with E-state index in [4.69, 9.17) is 14.5 Å². The first-order valence-electron chi connectivity index (χ1n) is 8.81. The van der Waals surface area contributed by atoms with E-state index < -0.39 is 0 Å². The van der Waals surface area contributed by atoms with E-state index in [1.165, 1.54) is 0 Å². The van der Waals surface area contributed by atoms with Crippen molar-refractivity contribution in [3.05, 3.63) is 65.7 Å². The number of anilines is 1. The van der Waals surface area contributed by atoms with E-state index in [-0.39, 0.29) is 19.2 Å². The zero-order valence-corrected chi connectivity index (χ0v) is 17.2. The molecule has 0 saturated carbocycles. The molecule has 0 amide bonds. The molecule has 4 heterocycles. The predicted molar refractivity (Wildman–Crippen MR) is 114 cm³/mol. The van der Waals surface area contributed by atoms with Gasteiger partial charge >= 0.3 is 0 Å². The number of hydrogen-bond acceptors (Lipinski definition) is 7. The predicted octanol–water partition coefficient (Wildman–Crippen LogP) is 4.46. The molecule has 7 nitrogen and oxygen atoms in total. The van der Waals surface area contributed by atoms with Crippen LogP contribution in [0.1, 0.15) is 11.4 Å². The van der Waals surface area contributed by atoms with Crippen LogP contribution in [0.25, 0.3) is 16.4 Å². The number of rotatable bonds is 5. The summed E-state index contributed by atoms with van der Waals surface area (Å²) in [5.41, 5.74) is 2.05. The number of hydrogen-bond donors (Lipinski definition) is 1. The molecule has 3 aromatic heterocycles. The Morgan fingerprint density at radius 1 is 1.17 bits per heavy atom. The number of fused-ring (bicyclic) bond motifs is 1. The molecule has 0 saturated heterocycles. The summed E-state index contributed by atoms with van der Waals surface area (Å²) in [6.45, 7) is 2.80. The molecule has 1 aromatic carbocycles. The van der Waals surface area contributed by atoms with Crippen molar-refractivity contribution in [3.8, 4) is 27.9 Å². The normalized spacial score (nSPS) is 11.9. The Bertz CT molecular complexity index is 1130. The molecule has 1 aliphatic rings. The van der Waals surface area contributed by atoms with E-state index in [9.17, 15) is 0 Å². The number of halogens is 1. The summed E-state index contributed by atoms with van der Waals surface area (Å²) in [5, 5.41) is 5.50. The Balaban J connectivity index is 0.00000205. The molecule has 0 spiro atoms. The summed E-state index contributed by atoms with van der Waals surface area (Å²) in [6, 6.07) is 10.0. The van der Waals surface area contributed by atoms with Crippen molar-refractivity contribution in [2.24, 2.45) is 0 Å². The fraction of sp³-hybridized carbons (Fsp3) is 0.150. The Kier molecular flexibility index (Phi) is 5.37. The van der Waals surface area contributed by atoms with E-state index in [0.717, 1.165) is 39.1 Å². The number of ether oxygens (including phenoxy) is 2. The Morgan fingerprint density at radius 2 is 2.07 bits per heavy atom. The van der Waals surface area contributed by atoms with Crippen molar-refractivity contribution in [2.45, 2.75) is 13.5 Å². The van der Waals surface area contributed by atoms with E-state index in [1.54, 1.807) is 17.5 Å². The van der Waals surface area contributed by atoms with Crippen LogP contribution >= 0.6 is 23.7 Å². The summed E-state index contributed by atoms with van der Waals surface area (Å²) in [7, 11) is 0. The minimum Gasteiger partial charge on any atom is -0.454 e. The van der Waals surface area contributed by atoms with Gasteiger partial charge in [0.25, 0.3) is 0 Å². The van der Waals surface area contributed by atoms with Gasteiger partial charge in [-0.25, -0.2) is 9.97 Å². The van der Waals surface area contributed by atoms with Crippen LogP contribution in [0.2, 0.25) is 0 Å². The van der Waals surface area contributed by atoms with Gasteiger partial charge < -0.3 is 14.8 Å². The van der Waals surface area contributed by atoms with Gasteiger partial charge in [-0.15, -0.1) is 23.7 Å². The van der Waals surface area contributed by atoms with Crippen LogP contribution < -0.4 is 14.8 Å². The van der Waals surface area contributed by atoms with Crippen molar-refractivity contribution >= 4 is 29.6 Å². The maximum atomic E-state index is 5.47. The third-order valence-corrected chi connectivity index (χ3v) is 5.40. The lowest BCUT2D eigenvalue weighted by atomic mass is 10.2. The summed E-state index contributed by atoms with van der Waals surface area (Å²) in [4.78, 5) is 14.7. The van der Waals surface area contributed by atoms with Gasteiger partial charge in [0.2, 0.25) is 12.7 Å². The second kappa shape index (κ2) is 8.10. The second-order valence-electron chi connectivity index (χ2n) is 6.30. The van der Waals surface area contributed by atoms with E-state index in [0.29, 0.717) is 12.5 Å². The van der Waals surface area contributed by atoms with Crippen molar-refractivity contribution in [1.82, 2.24) is 19.5 Å². The van der Waals surface area contributed by atoms with Crippen molar-refractivity contribution < 1.29 is 9.47 Å². The number of nitrogens with one attached hydrogen (secondary N) is 1. The third-order valence-electron chi connectivity index (χ3n) is 4.50. The Morgan fingerprint density at radius 3 is 2.86 bits per heavy atom. The lowest BCUT2D eigenvalue weighted by molar-refractivity contribution is 0.174. The number of thiophene rings is 1. The standard InChI is InChI=1S/C20H17N5O2S.ClH/c1-13-21-6-7-25(13)20-23-11-15(18-3-2-8-28-18)19(24-20)22-10-14-4-5-16-17(9-14)27-12-26-16;/h2-9,11H,10,12H2,1H3,(H,22,23,24);1H. The molecular formula is C20H18ClN5O2S. The van der Waals surface area contributed by atoms with Crippen LogP contribution in [-0.4, -0.2) is 26.3 Å². The van der Waals surface area contributed by atoms with Gasteiger partial charge in [0.05, 0.1) is 5.56 Å². The first-order chi connectivity index (χ1) is 13.8. The highest BCUT2D eigenvalue weighted by atomic mass is 35.5. The molecule has 5 rings (SSSR count). The molecular weight excluding hydrogens is 410 g/mol. The van der Waals surface area contributed by atoms with Crippen LogP contribution in [0, 0.1) is 6.92 Å². The molecule has 0 atom stereocenters. The molecule has 0 bridgehead atoms. The van der Waals surface area contributed by atoms with Crippen LogP contribution in [0.15, 0.2) is 54.3 Å². The minimum absolute atomic E-state index is 0. The van der Waals surface area contributed by atoms with Gasteiger partial charge in [0, 0.05) is 30.0 Å². The van der Waals surface area contributed by atoms with Crippen molar-refractivity contribution in [3.63, 3.8) is 0 Å². The van der Waals surface area contributed by atoms with E-state index >= 15 is 0 Å². The molecule has 29 heavy (non-hydrogen) atoms. The van der Waals surface area contributed by atoms with Crippen LogP contribution in [0.4, 0.5) is 5.82 Å². The molecule has 0 fully saturated rings.